The van der Waals surface area contributed by atoms with Crippen LogP contribution in [0.15, 0.2) is 35.3 Å². The number of carbonyl (C=O) groups is 2. The highest BCUT2D eigenvalue weighted by Crippen LogP contribution is 2.13. The second-order valence-corrected chi connectivity index (χ2v) is 6.31. The molecule has 1 aromatic rings. The van der Waals surface area contributed by atoms with Crippen LogP contribution in [0.2, 0.25) is 0 Å². The molecule has 0 unspecified atom stereocenters. The second-order valence-electron chi connectivity index (χ2n) is 5.23. The molecule has 6 heteroatoms. The van der Waals surface area contributed by atoms with Crippen molar-refractivity contribution in [1.82, 2.24) is 10.6 Å². The third kappa shape index (κ3) is 4.34. The molecule has 1 aliphatic rings. The molecule has 0 aromatic heterocycles. The molecule has 5 nitrogen and oxygen atoms in total. The van der Waals surface area contributed by atoms with Gasteiger partial charge >= 0.3 is 0 Å². The Bertz CT molecular complexity index is 560. The topological polar surface area (TPSA) is 70.6 Å². The van der Waals surface area contributed by atoms with Gasteiger partial charge in [0, 0.05) is 11.3 Å². The summed E-state index contributed by atoms with van der Waals surface area (Å²) in [5.41, 5.74) is 0.552. The van der Waals surface area contributed by atoms with Gasteiger partial charge in [-0.25, -0.2) is 0 Å². The van der Waals surface area contributed by atoms with Crippen molar-refractivity contribution in [1.29, 1.82) is 0 Å². The molecule has 2 atom stereocenters. The van der Waals surface area contributed by atoms with E-state index in [0.29, 0.717) is 10.7 Å². The lowest BCUT2D eigenvalue weighted by Gasteiger charge is -2.23. The number of aliphatic imine (C=N–C) groups is 1. The summed E-state index contributed by atoms with van der Waals surface area (Å²) in [5.74, 6) is 0.494. The van der Waals surface area contributed by atoms with Gasteiger partial charge in [-0.2, -0.15) is 0 Å². The number of thioether (sulfide) groups is 1. The van der Waals surface area contributed by atoms with Gasteiger partial charge in [-0.1, -0.05) is 50.2 Å². The third-order valence-corrected chi connectivity index (χ3v) is 4.52. The number of carbonyl (C=O) groups excluding carboxylic acids is 2. The van der Waals surface area contributed by atoms with E-state index >= 15 is 0 Å². The number of amidine groups is 1. The first-order chi connectivity index (χ1) is 10.6. The third-order valence-electron chi connectivity index (χ3n) is 3.63. The molecule has 2 rings (SSSR count). The minimum absolute atomic E-state index is 0.0414. The first-order valence-corrected chi connectivity index (χ1v) is 8.44. The van der Waals surface area contributed by atoms with E-state index in [0.717, 1.165) is 18.7 Å². The van der Waals surface area contributed by atoms with E-state index in [1.165, 1.54) is 11.8 Å². The second kappa shape index (κ2) is 7.98. The molecule has 2 amide bonds. The Labute approximate surface area is 135 Å². The molecule has 1 heterocycles. The summed E-state index contributed by atoms with van der Waals surface area (Å²) in [6.07, 6.45) is 0.798. The Kier molecular flexibility index (Phi) is 6.00. The van der Waals surface area contributed by atoms with Gasteiger partial charge < -0.3 is 10.6 Å². The predicted octanol–water partition coefficient (Wildman–Crippen LogP) is 2.05. The first-order valence-electron chi connectivity index (χ1n) is 7.45. The largest absolute Gasteiger partial charge is 0.340 e. The molecule has 118 valence electrons. The molecule has 0 saturated carbocycles. The minimum Gasteiger partial charge on any atom is -0.340 e. The van der Waals surface area contributed by atoms with E-state index in [2.05, 4.69) is 15.6 Å². The molecule has 0 bridgehead atoms. The van der Waals surface area contributed by atoms with Crippen LogP contribution in [0.25, 0.3) is 0 Å². The van der Waals surface area contributed by atoms with Crippen molar-refractivity contribution in [3.05, 3.63) is 35.9 Å². The number of hydrogen-bond acceptors (Lipinski definition) is 4. The lowest BCUT2D eigenvalue weighted by atomic mass is 9.98. The average molecular weight is 319 g/mol. The van der Waals surface area contributed by atoms with Crippen molar-refractivity contribution >= 4 is 28.7 Å². The van der Waals surface area contributed by atoms with Crippen molar-refractivity contribution in [2.75, 3.05) is 12.3 Å². The van der Waals surface area contributed by atoms with E-state index in [1.807, 2.05) is 19.9 Å². The highest BCUT2D eigenvalue weighted by molar-refractivity contribution is 8.14. The van der Waals surface area contributed by atoms with Gasteiger partial charge in [0.25, 0.3) is 5.91 Å². The molecule has 0 radical (unpaired) electrons. The maximum Gasteiger partial charge on any atom is 0.251 e. The van der Waals surface area contributed by atoms with Crippen LogP contribution in [0.4, 0.5) is 0 Å². The SMILES string of the molecule is CC[C@@H](C)[C@@H](NC(=O)c1ccccc1)C(=O)NC1=NCCS1. The fraction of sp³-hybridized carbons (Fsp3) is 0.438. The molecule has 1 aromatic carbocycles. The van der Waals surface area contributed by atoms with Crippen molar-refractivity contribution in [3.63, 3.8) is 0 Å². The molecule has 0 spiro atoms. The van der Waals surface area contributed by atoms with E-state index < -0.39 is 6.04 Å². The van der Waals surface area contributed by atoms with Crippen molar-refractivity contribution < 1.29 is 9.59 Å². The van der Waals surface area contributed by atoms with Gasteiger partial charge in [0.2, 0.25) is 5.91 Å². The van der Waals surface area contributed by atoms with Crippen LogP contribution in [0.1, 0.15) is 30.6 Å². The quantitative estimate of drug-likeness (QED) is 0.872. The van der Waals surface area contributed by atoms with Gasteiger partial charge in [0.05, 0.1) is 6.54 Å². The molecule has 0 saturated heterocycles. The van der Waals surface area contributed by atoms with E-state index in [9.17, 15) is 9.59 Å². The summed E-state index contributed by atoms with van der Waals surface area (Å²) in [5, 5.41) is 6.30. The van der Waals surface area contributed by atoms with Crippen LogP contribution >= 0.6 is 11.8 Å². The first kappa shape index (κ1) is 16.5. The zero-order valence-corrected chi connectivity index (χ0v) is 13.7. The number of nitrogens with one attached hydrogen (secondary N) is 2. The monoisotopic (exact) mass is 319 g/mol. The van der Waals surface area contributed by atoms with Crippen LogP contribution in [0.5, 0.6) is 0 Å². The molecule has 22 heavy (non-hydrogen) atoms. The van der Waals surface area contributed by atoms with Crippen LogP contribution < -0.4 is 10.6 Å². The van der Waals surface area contributed by atoms with Gasteiger partial charge in [-0.05, 0) is 18.1 Å². The summed E-state index contributed by atoms with van der Waals surface area (Å²) in [6.45, 7) is 4.69. The Balaban J connectivity index is 2.05. The van der Waals surface area contributed by atoms with Crippen LogP contribution in [-0.4, -0.2) is 35.3 Å². The fourth-order valence-corrected chi connectivity index (χ4v) is 2.84. The predicted molar refractivity (Wildman–Crippen MR) is 90.1 cm³/mol. The Morgan fingerprint density at radius 1 is 1.32 bits per heavy atom. The van der Waals surface area contributed by atoms with E-state index in [-0.39, 0.29) is 17.7 Å². The van der Waals surface area contributed by atoms with Crippen LogP contribution in [0.3, 0.4) is 0 Å². The van der Waals surface area contributed by atoms with Crippen molar-refractivity contribution in [2.45, 2.75) is 26.3 Å². The number of hydrogen-bond donors (Lipinski definition) is 2. The van der Waals surface area contributed by atoms with Gasteiger partial charge in [0.1, 0.15) is 6.04 Å². The summed E-state index contributed by atoms with van der Waals surface area (Å²) in [4.78, 5) is 29.0. The van der Waals surface area contributed by atoms with Gasteiger partial charge in [-0.3, -0.25) is 14.6 Å². The van der Waals surface area contributed by atoms with Crippen LogP contribution in [0, 0.1) is 5.92 Å². The minimum atomic E-state index is -0.568. The zero-order chi connectivity index (χ0) is 15.9. The number of benzene rings is 1. The molecular formula is C16H21N3O2S. The number of nitrogens with zero attached hydrogens (tertiary/aromatic N) is 1. The van der Waals surface area contributed by atoms with Crippen molar-refractivity contribution in [2.24, 2.45) is 10.9 Å². The number of rotatable bonds is 5. The summed E-state index contributed by atoms with van der Waals surface area (Å²) < 4.78 is 0. The Hall–Kier alpha value is -1.82. The summed E-state index contributed by atoms with van der Waals surface area (Å²) in [6, 6.07) is 8.36. The Morgan fingerprint density at radius 2 is 2.05 bits per heavy atom. The normalized spacial score (nSPS) is 16.5. The van der Waals surface area contributed by atoms with Crippen LogP contribution in [-0.2, 0) is 4.79 Å². The maximum atomic E-state index is 12.4. The molecule has 0 fully saturated rings. The fourth-order valence-electron chi connectivity index (χ4n) is 2.11. The molecule has 1 aliphatic heterocycles. The highest BCUT2D eigenvalue weighted by Gasteiger charge is 2.27. The zero-order valence-electron chi connectivity index (χ0n) is 12.8. The lowest BCUT2D eigenvalue weighted by Crippen LogP contribution is -2.51. The summed E-state index contributed by atoms with van der Waals surface area (Å²) in [7, 11) is 0. The maximum absolute atomic E-state index is 12.4. The standard InChI is InChI=1S/C16H21N3O2S/c1-3-11(2)13(15(21)19-16-17-9-10-22-16)18-14(20)12-7-5-4-6-8-12/h4-8,11,13H,3,9-10H2,1-2H3,(H,18,20)(H,17,19,21)/t11-,13-/m1/s1. The van der Waals surface area contributed by atoms with E-state index in [4.69, 9.17) is 0 Å². The molecule has 2 N–H and O–H groups in total. The highest BCUT2D eigenvalue weighted by atomic mass is 32.2. The Morgan fingerprint density at radius 3 is 2.64 bits per heavy atom. The average Bonchev–Trinajstić information content (AvgIpc) is 3.05. The van der Waals surface area contributed by atoms with Gasteiger partial charge in [-0.15, -0.1) is 0 Å². The van der Waals surface area contributed by atoms with Gasteiger partial charge in [0.15, 0.2) is 5.17 Å². The molecular weight excluding hydrogens is 298 g/mol. The summed E-state index contributed by atoms with van der Waals surface area (Å²) >= 11 is 1.53. The van der Waals surface area contributed by atoms with E-state index in [1.54, 1.807) is 24.3 Å². The smallest absolute Gasteiger partial charge is 0.251 e. The van der Waals surface area contributed by atoms with Crippen molar-refractivity contribution in [3.8, 4) is 0 Å². The number of amides is 2. The lowest BCUT2D eigenvalue weighted by molar-refractivity contribution is -0.122. The molecule has 0 aliphatic carbocycles.